The van der Waals surface area contributed by atoms with Crippen LogP contribution in [0.4, 0.5) is 0 Å². The van der Waals surface area contributed by atoms with Crippen molar-refractivity contribution >= 4 is 34.3 Å². The van der Waals surface area contributed by atoms with Crippen molar-refractivity contribution in [2.75, 3.05) is 5.75 Å². The number of aromatic nitrogens is 4. The highest BCUT2D eigenvalue weighted by atomic mass is 32.2. The van der Waals surface area contributed by atoms with Gasteiger partial charge in [0, 0.05) is 13.1 Å². The number of nitrogens with zero attached hydrogens (tertiary/aromatic N) is 4. The Morgan fingerprint density at radius 2 is 1.84 bits per heavy atom. The molecule has 4 rings (SSSR count). The number of rotatable bonds is 7. The van der Waals surface area contributed by atoms with Gasteiger partial charge in [-0.05, 0) is 30.5 Å². The van der Waals surface area contributed by atoms with E-state index < -0.39 is 0 Å². The Balaban J connectivity index is 1.58. The first-order valence-corrected chi connectivity index (χ1v) is 11.2. The lowest BCUT2D eigenvalue weighted by atomic mass is 10.1. The van der Waals surface area contributed by atoms with Crippen LogP contribution in [0.3, 0.4) is 0 Å². The molecular weight excluding hydrogens is 410 g/mol. The lowest BCUT2D eigenvalue weighted by molar-refractivity contribution is -0.118. The standard InChI is InChI=1S/C23H25N5O2S/c1-15(2)13-27-21(30)18-6-4-5-7-19(18)28-22(27)25-26-23(28)31-14-20(29)24-12-17-10-8-16(3)9-11-17/h4-11,15H,12-14H2,1-3H3,(H,24,29). The number of benzene rings is 2. The van der Waals surface area contributed by atoms with Gasteiger partial charge < -0.3 is 5.32 Å². The molecule has 0 radical (unpaired) electrons. The molecule has 0 saturated carbocycles. The Labute approximate surface area is 184 Å². The average molecular weight is 436 g/mol. The van der Waals surface area contributed by atoms with Gasteiger partial charge >= 0.3 is 0 Å². The van der Waals surface area contributed by atoms with Crippen molar-refractivity contribution < 1.29 is 4.79 Å². The fraction of sp³-hybridized carbons (Fsp3) is 0.304. The Bertz CT molecular complexity index is 1290. The molecule has 0 aliphatic heterocycles. The topological polar surface area (TPSA) is 81.3 Å². The highest BCUT2D eigenvalue weighted by Crippen LogP contribution is 2.22. The first kappa shape index (κ1) is 21.1. The smallest absolute Gasteiger partial charge is 0.262 e. The van der Waals surface area contributed by atoms with Crippen LogP contribution in [-0.4, -0.2) is 30.8 Å². The highest BCUT2D eigenvalue weighted by molar-refractivity contribution is 7.99. The maximum atomic E-state index is 13.0. The first-order valence-electron chi connectivity index (χ1n) is 10.3. The van der Waals surface area contributed by atoms with E-state index in [0.717, 1.165) is 11.1 Å². The van der Waals surface area contributed by atoms with Crippen LogP contribution in [0.15, 0.2) is 58.5 Å². The third-order valence-corrected chi connectivity index (χ3v) is 5.90. The number of hydrogen-bond donors (Lipinski definition) is 1. The minimum atomic E-state index is -0.0814. The fourth-order valence-corrected chi connectivity index (χ4v) is 4.21. The van der Waals surface area contributed by atoms with E-state index >= 15 is 0 Å². The lowest BCUT2D eigenvalue weighted by Gasteiger charge is -2.12. The van der Waals surface area contributed by atoms with E-state index in [4.69, 9.17) is 0 Å². The molecule has 4 aromatic rings. The summed E-state index contributed by atoms with van der Waals surface area (Å²) >= 11 is 1.31. The molecule has 0 atom stereocenters. The summed E-state index contributed by atoms with van der Waals surface area (Å²) in [5.74, 6) is 0.912. The third kappa shape index (κ3) is 4.49. The summed E-state index contributed by atoms with van der Waals surface area (Å²) in [7, 11) is 0. The van der Waals surface area contributed by atoms with E-state index in [1.54, 1.807) is 4.57 Å². The van der Waals surface area contributed by atoms with Gasteiger partial charge in [-0.25, -0.2) is 0 Å². The van der Waals surface area contributed by atoms with Gasteiger partial charge in [0.25, 0.3) is 5.56 Å². The van der Waals surface area contributed by atoms with Crippen molar-refractivity contribution in [3.05, 3.63) is 70.0 Å². The van der Waals surface area contributed by atoms with Crippen molar-refractivity contribution in [1.29, 1.82) is 0 Å². The second kappa shape index (κ2) is 8.93. The summed E-state index contributed by atoms with van der Waals surface area (Å²) in [5.41, 5.74) is 2.92. The molecule has 0 saturated heterocycles. The molecule has 0 aliphatic rings. The number of para-hydroxylation sites is 1. The van der Waals surface area contributed by atoms with Gasteiger partial charge in [-0.2, -0.15) is 0 Å². The number of thioether (sulfide) groups is 1. The summed E-state index contributed by atoms with van der Waals surface area (Å²) < 4.78 is 3.54. The zero-order valence-electron chi connectivity index (χ0n) is 17.8. The summed E-state index contributed by atoms with van der Waals surface area (Å²) in [6.45, 7) is 7.18. The Morgan fingerprint density at radius 1 is 1.10 bits per heavy atom. The summed E-state index contributed by atoms with van der Waals surface area (Å²) in [4.78, 5) is 25.4. The minimum Gasteiger partial charge on any atom is -0.351 e. The van der Waals surface area contributed by atoms with E-state index in [2.05, 4.69) is 29.4 Å². The van der Waals surface area contributed by atoms with Crippen LogP contribution in [-0.2, 0) is 17.9 Å². The molecule has 7 nitrogen and oxygen atoms in total. The van der Waals surface area contributed by atoms with Gasteiger partial charge in [-0.15, -0.1) is 10.2 Å². The van der Waals surface area contributed by atoms with Crippen molar-refractivity contribution in [2.24, 2.45) is 5.92 Å². The summed E-state index contributed by atoms with van der Waals surface area (Å²) in [6.07, 6.45) is 0. The predicted octanol–water partition coefficient (Wildman–Crippen LogP) is 3.42. The number of nitrogens with one attached hydrogen (secondary N) is 1. The van der Waals surface area contributed by atoms with Gasteiger partial charge in [0.05, 0.1) is 16.7 Å². The molecule has 0 aliphatic carbocycles. The quantitative estimate of drug-likeness (QED) is 0.450. The monoisotopic (exact) mass is 435 g/mol. The van der Waals surface area contributed by atoms with Crippen LogP contribution in [0.25, 0.3) is 16.7 Å². The molecule has 0 unspecified atom stereocenters. The zero-order chi connectivity index (χ0) is 22.0. The molecule has 2 aromatic heterocycles. The van der Waals surface area contributed by atoms with Crippen LogP contribution in [0, 0.1) is 12.8 Å². The van der Waals surface area contributed by atoms with Crippen molar-refractivity contribution in [3.63, 3.8) is 0 Å². The molecule has 0 fully saturated rings. The normalized spacial score (nSPS) is 11.5. The fourth-order valence-electron chi connectivity index (χ4n) is 3.44. The number of amides is 1. The van der Waals surface area contributed by atoms with Crippen molar-refractivity contribution in [2.45, 2.75) is 39.0 Å². The predicted molar refractivity (Wildman–Crippen MR) is 123 cm³/mol. The number of hydrogen-bond acceptors (Lipinski definition) is 5. The lowest BCUT2D eigenvalue weighted by Crippen LogP contribution is -2.26. The van der Waals surface area contributed by atoms with Crippen molar-refractivity contribution in [3.8, 4) is 0 Å². The Morgan fingerprint density at radius 3 is 2.58 bits per heavy atom. The van der Waals surface area contributed by atoms with Crippen LogP contribution in [0.2, 0.25) is 0 Å². The zero-order valence-corrected chi connectivity index (χ0v) is 18.6. The highest BCUT2D eigenvalue weighted by Gasteiger charge is 2.18. The van der Waals surface area contributed by atoms with Gasteiger partial charge in [0.1, 0.15) is 0 Å². The molecule has 8 heteroatoms. The minimum absolute atomic E-state index is 0.0726. The summed E-state index contributed by atoms with van der Waals surface area (Å²) in [5, 5.41) is 12.7. The molecular formula is C23H25N5O2S. The first-order chi connectivity index (χ1) is 14.9. The molecule has 2 aromatic carbocycles. The van der Waals surface area contributed by atoms with Gasteiger partial charge in [0.15, 0.2) is 5.16 Å². The second-order valence-electron chi connectivity index (χ2n) is 8.00. The van der Waals surface area contributed by atoms with Crippen LogP contribution >= 0.6 is 11.8 Å². The van der Waals surface area contributed by atoms with E-state index in [1.807, 2.05) is 59.9 Å². The van der Waals surface area contributed by atoms with Gasteiger partial charge in [-0.1, -0.05) is 67.6 Å². The number of carbonyl (C=O) groups excluding carboxylic acids is 1. The molecule has 0 bridgehead atoms. The van der Waals surface area contributed by atoms with E-state index in [9.17, 15) is 9.59 Å². The SMILES string of the molecule is Cc1ccc(CNC(=O)CSc2nnc3n(CC(C)C)c(=O)c4ccccc4n23)cc1. The Hall–Kier alpha value is -3.13. The summed E-state index contributed by atoms with van der Waals surface area (Å²) in [6, 6.07) is 15.5. The van der Waals surface area contributed by atoms with Gasteiger partial charge in [0.2, 0.25) is 11.7 Å². The second-order valence-corrected chi connectivity index (χ2v) is 8.94. The molecule has 1 N–H and O–H groups in total. The number of fused-ring (bicyclic) bond motifs is 3. The Kier molecular flexibility index (Phi) is 6.08. The number of carbonyl (C=O) groups is 1. The molecule has 2 heterocycles. The third-order valence-electron chi connectivity index (χ3n) is 4.97. The van der Waals surface area contributed by atoms with Crippen LogP contribution in [0.1, 0.15) is 25.0 Å². The van der Waals surface area contributed by atoms with E-state index in [-0.39, 0.29) is 23.1 Å². The molecule has 1 amide bonds. The molecule has 31 heavy (non-hydrogen) atoms. The molecule has 0 spiro atoms. The maximum Gasteiger partial charge on any atom is 0.262 e. The van der Waals surface area contributed by atoms with Crippen LogP contribution in [0.5, 0.6) is 0 Å². The van der Waals surface area contributed by atoms with E-state index in [1.165, 1.54) is 17.3 Å². The van der Waals surface area contributed by atoms with Crippen molar-refractivity contribution in [1.82, 2.24) is 24.5 Å². The van der Waals surface area contributed by atoms with Gasteiger partial charge in [-0.3, -0.25) is 18.6 Å². The van der Waals surface area contributed by atoms with Crippen LogP contribution < -0.4 is 10.9 Å². The van der Waals surface area contributed by atoms with E-state index in [0.29, 0.717) is 29.4 Å². The maximum absolute atomic E-state index is 13.0. The molecule has 160 valence electrons. The number of aryl methyl sites for hydroxylation is 1. The average Bonchev–Trinajstić information content (AvgIpc) is 3.18. The largest absolute Gasteiger partial charge is 0.351 e.